The third kappa shape index (κ3) is 3.62. The number of sulfonamides is 1. The zero-order valence-corrected chi connectivity index (χ0v) is 20.2. The van der Waals surface area contributed by atoms with Crippen molar-refractivity contribution < 1.29 is 13.5 Å². The van der Waals surface area contributed by atoms with E-state index in [-0.39, 0.29) is 11.6 Å². The van der Waals surface area contributed by atoms with E-state index in [0.717, 1.165) is 60.6 Å². The molecular formula is C25H30N4O4S. The second-order valence-electron chi connectivity index (χ2n) is 10.7. The molecule has 8 nitrogen and oxygen atoms in total. The molecule has 3 aromatic rings. The van der Waals surface area contributed by atoms with Crippen LogP contribution in [0.4, 0.5) is 11.4 Å². The second-order valence-corrected chi connectivity index (χ2v) is 12.5. The van der Waals surface area contributed by atoms with Crippen LogP contribution in [-0.2, 0) is 17.1 Å². The number of benzene rings is 1. The van der Waals surface area contributed by atoms with Crippen LogP contribution in [0.25, 0.3) is 22.0 Å². The number of hydrogen-bond donors (Lipinski definition) is 4. The van der Waals surface area contributed by atoms with Crippen molar-refractivity contribution in [2.45, 2.75) is 43.7 Å². The number of anilines is 2. The van der Waals surface area contributed by atoms with Gasteiger partial charge in [0.2, 0.25) is 10.0 Å². The second kappa shape index (κ2) is 7.36. The minimum absolute atomic E-state index is 0.113. The van der Waals surface area contributed by atoms with Gasteiger partial charge in [0.15, 0.2) is 0 Å². The fourth-order valence-corrected chi connectivity index (χ4v) is 7.61. The Kier molecular flexibility index (Phi) is 4.70. The van der Waals surface area contributed by atoms with Crippen LogP contribution < -0.4 is 15.6 Å². The molecule has 4 aliphatic rings. The molecule has 2 atom stereocenters. The highest BCUT2D eigenvalue weighted by atomic mass is 32.2. The molecule has 34 heavy (non-hydrogen) atoms. The van der Waals surface area contributed by atoms with Gasteiger partial charge in [-0.05, 0) is 74.1 Å². The maximum Gasteiger partial charge on any atom is 0.274 e. The van der Waals surface area contributed by atoms with Crippen LogP contribution >= 0.6 is 0 Å². The molecule has 2 aromatic heterocycles. The molecule has 4 bridgehead atoms. The Labute approximate surface area is 198 Å². The number of aromatic nitrogens is 2. The van der Waals surface area contributed by atoms with Crippen molar-refractivity contribution in [3.63, 3.8) is 0 Å². The van der Waals surface area contributed by atoms with E-state index >= 15 is 0 Å². The summed E-state index contributed by atoms with van der Waals surface area (Å²) in [4.78, 5) is 15.7. The molecule has 0 saturated heterocycles. The van der Waals surface area contributed by atoms with Crippen LogP contribution in [0.5, 0.6) is 0 Å². The third-order valence-electron chi connectivity index (χ3n) is 8.07. The minimum atomic E-state index is -3.44. The Balaban J connectivity index is 1.46. The normalized spacial score (nSPS) is 30.1. The molecule has 9 heteroatoms. The summed E-state index contributed by atoms with van der Waals surface area (Å²) >= 11 is 0. The first kappa shape index (κ1) is 21.7. The van der Waals surface area contributed by atoms with E-state index in [1.807, 2.05) is 24.4 Å². The summed E-state index contributed by atoms with van der Waals surface area (Å²) in [5.74, 6) is 1.46. The van der Waals surface area contributed by atoms with Crippen molar-refractivity contribution in [3.8, 4) is 11.1 Å². The smallest absolute Gasteiger partial charge is 0.274 e. The first-order valence-electron chi connectivity index (χ1n) is 11.9. The summed E-state index contributed by atoms with van der Waals surface area (Å²) in [5, 5.41) is 15.6. The van der Waals surface area contributed by atoms with Crippen molar-refractivity contribution >= 4 is 32.3 Å². The van der Waals surface area contributed by atoms with Crippen molar-refractivity contribution in [2.24, 2.45) is 24.8 Å². The number of nitrogens with one attached hydrogen (secondary N) is 3. The fraction of sp³-hybridized carbons (Fsp3) is 0.480. The highest BCUT2D eigenvalue weighted by Gasteiger charge is 2.54. The van der Waals surface area contributed by atoms with E-state index in [4.69, 9.17) is 0 Å². The van der Waals surface area contributed by atoms with Gasteiger partial charge in [0.1, 0.15) is 5.52 Å². The number of aryl methyl sites for hydroxylation is 1. The maximum atomic E-state index is 12.6. The van der Waals surface area contributed by atoms with Crippen molar-refractivity contribution in [3.05, 3.63) is 47.0 Å². The predicted octanol–water partition coefficient (Wildman–Crippen LogP) is 3.26. The maximum absolute atomic E-state index is 12.6. The number of aliphatic hydroxyl groups is 1. The first-order valence-corrected chi connectivity index (χ1v) is 13.8. The van der Waals surface area contributed by atoms with Gasteiger partial charge in [-0.15, -0.1) is 0 Å². The van der Waals surface area contributed by atoms with Gasteiger partial charge in [-0.1, -0.05) is 0 Å². The number of rotatable bonds is 5. The van der Waals surface area contributed by atoms with Crippen LogP contribution in [-0.4, -0.2) is 41.0 Å². The van der Waals surface area contributed by atoms with Gasteiger partial charge in [-0.2, -0.15) is 0 Å². The average molecular weight is 483 g/mol. The molecule has 4 saturated carbocycles. The molecule has 1 aromatic carbocycles. The van der Waals surface area contributed by atoms with Crippen molar-refractivity contribution in [2.75, 3.05) is 16.3 Å². The fourth-order valence-electron chi connectivity index (χ4n) is 7.05. The highest BCUT2D eigenvalue weighted by molar-refractivity contribution is 7.92. The van der Waals surface area contributed by atoms with Crippen LogP contribution in [0.3, 0.4) is 0 Å². The van der Waals surface area contributed by atoms with Crippen LogP contribution in [0.1, 0.15) is 32.1 Å². The van der Waals surface area contributed by atoms with E-state index in [9.17, 15) is 18.3 Å². The number of nitrogens with zero attached hydrogens (tertiary/aromatic N) is 1. The van der Waals surface area contributed by atoms with Gasteiger partial charge in [0.25, 0.3) is 5.56 Å². The van der Waals surface area contributed by atoms with Crippen LogP contribution in [0, 0.1) is 17.8 Å². The molecule has 0 aliphatic heterocycles. The van der Waals surface area contributed by atoms with Gasteiger partial charge in [-0.25, -0.2) is 8.42 Å². The van der Waals surface area contributed by atoms with Gasteiger partial charge < -0.3 is 20.0 Å². The molecule has 2 unspecified atom stereocenters. The summed E-state index contributed by atoms with van der Waals surface area (Å²) in [5.41, 5.74) is 2.96. The molecule has 4 aliphatic carbocycles. The highest BCUT2D eigenvalue weighted by Crippen LogP contribution is 2.56. The first-order chi connectivity index (χ1) is 16.1. The average Bonchev–Trinajstić information content (AvgIpc) is 3.22. The summed E-state index contributed by atoms with van der Waals surface area (Å²) < 4.78 is 28.0. The zero-order valence-electron chi connectivity index (χ0n) is 19.3. The molecule has 0 radical (unpaired) electrons. The third-order valence-corrected chi connectivity index (χ3v) is 8.68. The zero-order chi connectivity index (χ0) is 23.8. The van der Waals surface area contributed by atoms with Crippen molar-refractivity contribution in [1.29, 1.82) is 0 Å². The molecular weight excluding hydrogens is 452 g/mol. The standard InChI is InChI=1S/C25H30N4O4S/c1-29-13-20(18-5-6-26-23(18)24(29)30)19-9-17(28-34(2,32)33)3-4-21(19)27-22-15-7-14-8-16(22)12-25(31,10-14)11-15/h3-6,9,13-16,22,26-28,31H,7-8,10-12H2,1-2H3. The largest absolute Gasteiger partial charge is 0.390 e. The number of pyridine rings is 1. The summed E-state index contributed by atoms with van der Waals surface area (Å²) in [6, 6.07) is 7.67. The number of hydrogen-bond acceptors (Lipinski definition) is 5. The van der Waals surface area contributed by atoms with Gasteiger partial charge in [0, 0.05) is 53.4 Å². The monoisotopic (exact) mass is 482 g/mol. The van der Waals surface area contributed by atoms with E-state index in [1.54, 1.807) is 23.9 Å². The van der Waals surface area contributed by atoms with E-state index in [1.165, 1.54) is 0 Å². The predicted molar refractivity (Wildman–Crippen MR) is 133 cm³/mol. The molecule has 7 rings (SSSR count). The van der Waals surface area contributed by atoms with Gasteiger partial charge in [-0.3, -0.25) is 9.52 Å². The number of H-pyrrole nitrogens is 1. The van der Waals surface area contributed by atoms with Gasteiger partial charge in [0.05, 0.1) is 11.9 Å². The van der Waals surface area contributed by atoms with Crippen LogP contribution in [0.15, 0.2) is 41.5 Å². The SMILES string of the molecule is Cn1cc(-c2cc(NS(C)(=O)=O)ccc2NC2C3CC4CC2CC(O)(C4)C3)c2cc[nH]c2c1=O. The van der Waals surface area contributed by atoms with E-state index in [2.05, 4.69) is 15.0 Å². The summed E-state index contributed by atoms with van der Waals surface area (Å²) in [7, 11) is -1.72. The quantitative estimate of drug-likeness (QED) is 0.446. The summed E-state index contributed by atoms with van der Waals surface area (Å²) in [6.07, 6.45) is 9.58. The lowest BCUT2D eigenvalue weighted by Crippen LogP contribution is -2.58. The number of aromatic amines is 1. The Bertz CT molecular complexity index is 1440. The molecule has 0 amide bonds. The Hall–Kier alpha value is -2.78. The number of fused-ring (bicyclic) bond motifs is 1. The minimum Gasteiger partial charge on any atom is -0.390 e. The molecule has 180 valence electrons. The van der Waals surface area contributed by atoms with Crippen LogP contribution in [0.2, 0.25) is 0 Å². The van der Waals surface area contributed by atoms with E-state index < -0.39 is 15.6 Å². The van der Waals surface area contributed by atoms with Gasteiger partial charge >= 0.3 is 0 Å². The lowest BCUT2D eigenvalue weighted by atomic mass is 9.52. The molecule has 0 spiro atoms. The Morgan fingerprint density at radius 3 is 2.53 bits per heavy atom. The molecule has 4 fully saturated rings. The lowest BCUT2D eigenvalue weighted by molar-refractivity contribution is -0.129. The summed E-state index contributed by atoms with van der Waals surface area (Å²) in [6.45, 7) is 0. The van der Waals surface area contributed by atoms with Crippen molar-refractivity contribution in [1.82, 2.24) is 9.55 Å². The Morgan fingerprint density at radius 1 is 1.12 bits per heavy atom. The van der Waals surface area contributed by atoms with E-state index in [0.29, 0.717) is 29.0 Å². The topological polar surface area (TPSA) is 116 Å². The molecule has 4 N–H and O–H groups in total. The Morgan fingerprint density at radius 2 is 1.85 bits per heavy atom. The lowest BCUT2D eigenvalue weighted by Gasteiger charge is -2.58. The molecule has 2 heterocycles.